The summed E-state index contributed by atoms with van der Waals surface area (Å²) in [6.45, 7) is 4.39. The lowest BCUT2D eigenvalue weighted by Gasteiger charge is -2.04. The minimum atomic E-state index is 0.308. The number of aliphatic hydroxyl groups excluding tert-OH is 1. The molecular formula is C13H21NOS. The van der Waals surface area contributed by atoms with Crippen LogP contribution in [0.4, 0.5) is 0 Å². The summed E-state index contributed by atoms with van der Waals surface area (Å²) in [5, 5.41) is 12.0. The fourth-order valence-corrected chi connectivity index (χ4v) is 2.29. The molecule has 2 nitrogen and oxygen atoms in total. The molecule has 0 saturated carbocycles. The molecule has 3 heteroatoms. The Morgan fingerprint density at radius 3 is 2.56 bits per heavy atom. The zero-order chi connectivity index (χ0) is 11.6. The van der Waals surface area contributed by atoms with Gasteiger partial charge in [0.15, 0.2) is 0 Å². The Morgan fingerprint density at radius 2 is 1.94 bits per heavy atom. The monoisotopic (exact) mass is 239 g/mol. The van der Waals surface area contributed by atoms with Crippen LogP contribution in [0, 0.1) is 0 Å². The van der Waals surface area contributed by atoms with Gasteiger partial charge in [-0.25, -0.2) is 0 Å². The van der Waals surface area contributed by atoms with Crippen LogP contribution in [0.1, 0.15) is 25.3 Å². The standard InChI is InChI=1S/C13H21NOS/c1-2-14-11-12-5-7-13(8-6-12)16-10-4-3-9-15/h5-8,14-15H,2-4,9-11H2,1H3. The quantitative estimate of drug-likeness (QED) is 0.540. The number of nitrogens with one attached hydrogen (secondary N) is 1. The van der Waals surface area contributed by atoms with Crippen molar-refractivity contribution in [3.63, 3.8) is 0 Å². The topological polar surface area (TPSA) is 32.3 Å². The van der Waals surface area contributed by atoms with Crippen LogP contribution < -0.4 is 5.32 Å². The van der Waals surface area contributed by atoms with Crippen LogP contribution in [-0.4, -0.2) is 24.0 Å². The molecule has 0 heterocycles. The predicted octanol–water partition coefficient (Wildman–Crippen LogP) is 2.66. The Bertz CT molecular complexity index is 274. The van der Waals surface area contributed by atoms with Crippen molar-refractivity contribution in [1.82, 2.24) is 5.32 Å². The maximum atomic E-state index is 8.67. The number of unbranched alkanes of at least 4 members (excludes halogenated alkanes) is 1. The smallest absolute Gasteiger partial charge is 0.0431 e. The lowest BCUT2D eigenvalue weighted by atomic mass is 10.2. The van der Waals surface area contributed by atoms with Crippen molar-refractivity contribution in [3.05, 3.63) is 29.8 Å². The highest BCUT2D eigenvalue weighted by Gasteiger charge is 1.95. The summed E-state index contributed by atoms with van der Waals surface area (Å²) in [6.07, 6.45) is 1.99. The van der Waals surface area contributed by atoms with Crippen LogP contribution in [-0.2, 0) is 6.54 Å². The van der Waals surface area contributed by atoms with Crippen molar-refractivity contribution in [2.45, 2.75) is 31.2 Å². The van der Waals surface area contributed by atoms with Crippen LogP contribution in [0.15, 0.2) is 29.2 Å². The molecule has 90 valence electrons. The van der Waals surface area contributed by atoms with E-state index in [2.05, 4.69) is 36.5 Å². The number of aliphatic hydroxyl groups is 1. The molecule has 1 rings (SSSR count). The highest BCUT2D eigenvalue weighted by molar-refractivity contribution is 7.99. The average Bonchev–Trinajstić information content (AvgIpc) is 2.33. The number of hydrogen-bond acceptors (Lipinski definition) is 3. The predicted molar refractivity (Wildman–Crippen MR) is 70.9 cm³/mol. The normalized spacial score (nSPS) is 10.6. The van der Waals surface area contributed by atoms with Crippen LogP contribution in [0.25, 0.3) is 0 Å². The molecule has 0 radical (unpaired) electrons. The molecule has 0 aromatic heterocycles. The van der Waals surface area contributed by atoms with Gasteiger partial charge in [0.25, 0.3) is 0 Å². The second kappa shape index (κ2) is 8.62. The van der Waals surface area contributed by atoms with E-state index in [4.69, 9.17) is 5.11 Å². The molecule has 0 bridgehead atoms. The Balaban J connectivity index is 2.27. The summed E-state index contributed by atoms with van der Waals surface area (Å²) in [5.41, 5.74) is 1.33. The van der Waals surface area contributed by atoms with Crippen LogP contribution >= 0.6 is 11.8 Å². The van der Waals surface area contributed by atoms with Gasteiger partial charge in [-0.15, -0.1) is 11.8 Å². The molecule has 0 amide bonds. The van der Waals surface area contributed by atoms with Gasteiger partial charge in [0.05, 0.1) is 0 Å². The second-order valence-electron chi connectivity index (χ2n) is 3.70. The summed E-state index contributed by atoms with van der Waals surface area (Å²) in [6, 6.07) is 8.71. The Kier molecular flexibility index (Phi) is 7.30. The van der Waals surface area contributed by atoms with Crippen LogP contribution in [0.3, 0.4) is 0 Å². The van der Waals surface area contributed by atoms with E-state index in [9.17, 15) is 0 Å². The van der Waals surface area contributed by atoms with E-state index in [1.807, 2.05) is 11.8 Å². The van der Waals surface area contributed by atoms with Crippen molar-refractivity contribution in [2.75, 3.05) is 18.9 Å². The maximum Gasteiger partial charge on any atom is 0.0431 e. The lowest BCUT2D eigenvalue weighted by Crippen LogP contribution is -2.11. The van der Waals surface area contributed by atoms with Gasteiger partial charge in [0, 0.05) is 18.0 Å². The number of benzene rings is 1. The molecule has 0 saturated heterocycles. The van der Waals surface area contributed by atoms with Gasteiger partial charge in [0.1, 0.15) is 0 Å². The number of thioether (sulfide) groups is 1. The molecule has 0 spiro atoms. The lowest BCUT2D eigenvalue weighted by molar-refractivity contribution is 0.287. The zero-order valence-corrected chi connectivity index (χ0v) is 10.7. The molecule has 0 aliphatic carbocycles. The Hall–Kier alpha value is -0.510. The van der Waals surface area contributed by atoms with Crippen molar-refractivity contribution in [2.24, 2.45) is 0 Å². The van der Waals surface area contributed by atoms with E-state index >= 15 is 0 Å². The fraction of sp³-hybridized carbons (Fsp3) is 0.538. The summed E-state index contributed by atoms with van der Waals surface area (Å²) in [4.78, 5) is 1.32. The van der Waals surface area contributed by atoms with Gasteiger partial charge in [-0.1, -0.05) is 19.1 Å². The molecule has 1 aromatic rings. The Morgan fingerprint density at radius 1 is 1.19 bits per heavy atom. The molecule has 16 heavy (non-hydrogen) atoms. The zero-order valence-electron chi connectivity index (χ0n) is 9.91. The number of hydrogen-bond donors (Lipinski definition) is 2. The third-order valence-electron chi connectivity index (χ3n) is 2.32. The first kappa shape index (κ1) is 13.6. The highest BCUT2D eigenvalue weighted by Crippen LogP contribution is 2.19. The van der Waals surface area contributed by atoms with Gasteiger partial charge in [-0.2, -0.15) is 0 Å². The minimum Gasteiger partial charge on any atom is -0.396 e. The Labute approximate surface area is 102 Å². The first-order chi connectivity index (χ1) is 7.86. The average molecular weight is 239 g/mol. The molecular weight excluding hydrogens is 218 g/mol. The van der Waals surface area contributed by atoms with Gasteiger partial charge in [0.2, 0.25) is 0 Å². The molecule has 1 aromatic carbocycles. The first-order valence-electron chi connectivity index (χ1n) is 5.90. The van der Waals surface area contributed by atoms with E-state index in [1.165, 1.54) is 10.5 Å². The van der Waals surface area contributed by atoms with E-state index in [0.29, 0.717) is 6.61 Å². The van der Waals surface area contributed by atoms with E-state index in [1.54, 1.807) is 0 Å². The van der Waals surface area contributed by atoms with Gasteiger partial charge < -0.3 is 10.4 Å². The molecule has 0 atom stereocenters. The van der Waals surface area contributed by atoms with Gasteiger partial charge in [-0.05, 0) is 42.8 Å². The van der Waals surface area contributed by atoms with Gasteiger partial charge >= 0.3 is 0 Å². The summed E-state index contributed by atoms with van der Waals surface area (Å²) in [5.74, 6) is 1.09. The van der Waals surface area contributed by atoms with Crippen molar-refractivity contribution >= 4 is 11.8 Å². The summed E-state index contributed by atoms with van der Waals surface area (Å²) in [7, 11) is 0. The highest BCUT2D eigenvalue weighted by atomic mass is 32.2. The first-order valence-corrected chi connectivity index (χ1v) is 6.88. The van der Waals surface area contributed by atoms with Crippen molar-refractivity contribution in [3.8, 4) is 0 Å². The van der Waals surface area contributed by atoms with Crippen molar-refractivity contribution < 1.29 is 5.11 Å². The van der Waals surface area contributed by atoms with E-state index in [-0.39, 0.29) is 0 Å². The van der Waals surface area contributed by atoms with E-state index in [0.717, 1.165) is 31.7 Å². The number of rotatable bonds is 8. The molecule has 0 fully saturated rings. The summed E-state index contributed by atoms with van der Waals surface area (Å²) >= 11 is 1.86. The van der Waals surface area contributed by atoms with Crippen LogP contribution in [0.2, 0.25) is 0 Å². The SMILES string of the molecule is CCNCc1ccc(SCCCCO)cc1. The second-order valence-corrected chi connectivity index (χ2v) is 4.87. The minimum absolute atomic E-state index is 0.308. The van der Waals surface area contributed by atoms with E-state index < -0.39 is 0 Å². The fourth-order valence-electron chi connectivity index (χ4n) is 1.38. The van der Waals surface area contributed by atoms with Crippen LogP contribution in [0.5, 0.6) is 0 Å². The summed E-state index contributed by atoms with van der Waals surface area (Å²) < 4.78 is 0. The van der Waals surface area contributed by atoms with Crippen molar-refractivity contribution in [1.29, 1.82) is 0 Å². The largest absolute Gasteiger partial charge is 0.396 e. The van der Waals surface area contributed by atoms with Gasteiger partial charge in [-0.3, -0.25) is 0 Å². The molecule has 0 unspecified atom stereocenters. The third kappa shape index (κ3) is 5.54. The molecule has 2 N–H and O–H groups in total. The molecule has 0 aliphatic heterocycles. The maximum absolute atomic E-state index is 8.67. The molecule has 0 aliphatic rings. The third-order valence-corrected chi connectivity index (χ3v) is 3.42.